The molecule has 0 saturated carbocycles. The van der Waals surface area contributed by atoms with Crippen LogP contribution in [0, 0.1) is 0 Å². The van der Waals surface area contributed by atoms with E-state index in [1.54, 1.807) is 0 Å². The maximum absolute atomic E-state index is 13.3. The highest BCUT2D eigenvalue weighted by molar-refractivity contribution is 7.91. The second-order valence-electron chi connectivity index (χ2n) is 8.13. The number of ether oxygens (including phenoxy) is 1. The summed E-state index contributed by atoms with van der Waals surface area (Å²) < 4.78 is 68.2. The molecule has 0 unspecified atom stereocenters. The van der Waals surface area contributed by atoms with Crippen molar-refractivity contribution >= 4 is 15.9 Å². The van der Waals surface area contributed by atoms with Gasteiger partial charge in [0, 0.05) is 63.9 Å². The highest BCUT2D eigenvalue weighted by Gasteiger charge is 2.54. The predicted octanol–water partition coefficient (Wildman–Crippen LogP) is 1.93. The molecule has 1 aromatic rings. The monoisotopic (exact) mass is 480 g/mol. The lowest BCUT2D eigenvalue weighted by atomic mass is 9.95. The Kier molecular flexibility index (Phi) is 7.73. The molecule has 0 aromatic carbocycles. The molecule has 13 heteroatoms. The number of aryl methyl sites for hydroxylation is 1. The maximum atomic E-state index is 13.3. The van der Waals surface area contributed by atoms with Gasteiger partial charge in [-0.05, 0) is 25.7 Å². The molecule has 2 saturated heterocycles. The van der Waals surface area contributed by atoms with E-state index in [0.29, 0.717) is 24.2 Å². The Morgan fingerprint density at radius 3 is 2.41 bits per heavy atom. The van der Waals surface area contributed by atoms with Crippen LogP contribution in [0.5, 0.6) is 0 Å². The van der Waals surface area contributed by atoms with E-state index in [4.69, 9.17) is 9.94 Å². The van der Waals surface area contributed by atoms with Crippen LogP contribution in [0.3, 0.4) is 0 Å². The molecule has 0 atom stereocenters. The van der Waals surface area contributed by atoms with Crippen LogP contribution in [0.2, 0.25) is 0 Å². The van der Waals surface area contributed by atoms with Gasteiger partial charge < -0.3 is 4.74 Å². The Hall–Kier alpha value is -1.83. The fourth-order valence-electron chi connectivity index (χ4n) is 4.22. The second kappa shape index (κ2) is 9.98. The number of alkyl halides is 3. The number of amides is 1. The fraction of sp³-hybridized carbons (Fsp3) is 0.737. The molecule has 180 valence electrons. The van der Waals surface area contributed by atoms with E-state index >= 15 is 0 Å². The van der Waals surface area contributed by atoms with E-state index in [2.05, 4.69) is 9.97 Å². The third-order valence-corrected chi connectivity index (χ3v) is 8.77. The van der Waals surface area contributed by atoms with Gasteiger partial charge in [0.15, 0.2) is 4.75 Å². The van der Waals surface area contributed by atoms with Crippen molar-refractivity contribution in [1.82, 2.24) is 19.8 Å². The molecule has 1 aromatic heterocycles. The van der Waals surface area contributed by atoms with E-state index in [1.165, 1.54) is 22.2 Å². The molecule has 2 aliphatic rings. The topological polar surface area (TPSA) is 122 Å². The molecule has 0 aliphatic carbocycles. The standard InChI is InChI=1S/C19H27F3N4O5S/c20-19(21,22)5-1-2-15-12-24-16(13-23-15)14-3-8-26(9-4-14)32(29,30)18(17(27)25-28)6-10-31-11-7-18/h12-14,28H,1-11H2,(H,25,27). The SMILES string of the molecule is O=C(NO)C1(S(=O)(=O)N2CCC(c3cnc(CCCC(F)(F)F)cn3)CC2)CCOCC1. The van der Waals surface area contributed by atoms with Crippen LogP contribution in [0.4, 0.5) is 13.2 Å². The van der Waals surface area contributed by atoms with Gasteiger partial charge in [0.2, 0.25) is 10.0 Å². The minimum absolute atomic E-state index is 0.0388. The third-order valence-electron chi connectivity index (χ3n) is 6.14. The van der Waals surface area contributed by atoms with Crippen LogP contribution < -0.4 is 5.48 Å². The van der Waals surface area contributed by atoms with Crippen molar-refractivity contribution in [2.75, 3.05) is 26.3 Å². The number of halogens is 3. The zero-order valence-corrected chi connectivity index (χ0v) is 18.3. The van der Waals surface area contributed by atoms with Crippen molar-refractivity contribution in [3.8, 4) is 0 Å². The lowest BCUT2D eigenvalue weighted by molar-refractivity contribution is -0.135. The first-order valence-electron chi connectivity index (χ1n) is 10.5. The maximum Gasteiger partial charge on any atom is 0.389 e. The number of carbonyl (C=O) groups is 1. The summed E-state index contributed by atoms with van der Waals surface area (Å²) in [4.78, 5) is 20.9. The Morgan fingerprint density at radius 1 is 1.22 bits per heavy atom. The number of nitrogens with one attached hydrogen (secondary N) is 1. The summed E-state index contributed by atoms with van der Waals surface area (Å²) in [6.45, 7) is 0.578. The van der Waals surface area contributed by atoms with Gasteiger partial charge in [0.25, 0.3) is 5.91 Å². The zero-order chi connectivity index (χ0) is 23.4. The van der Waals surface area contributed by atoms with Crippen LogP contribution in [-0.2, 0) is 26.0 Å². The highest BCUT2D eigenvalue weighted by Crippen LogP contribution is 2.36. The van der Waals surface area contributed by atoms with Gasteiger partial charge in [-0.25, -0.2) is 18.2 Å². The minimum atomic E-state index is -4.19. The van der Waals surface area contributed by atoms with Crippen molar-refractivity contribution in [2.45, 2.75) is 61.8 Å². The number of sulfonamides is 1. The summed E-state index contributed by atoms with van der Waals surface area (Å²) in [6, 6.07) is 0. The van der Waals surface area contributed by atoms with Crippen molar-refractivity contribution < 1.29 is 36.3 Å². The van der Waals surface area contributed by atoms with Gasteiger partial charge in [-0.1, -0.05) is 0 Å². The van der Waals surface area contributed by atoms with E-state index in [1.807, 2.05) is 0 Å². The van der Waals surface area contributed by atoms with Gasteiger partial charge in [0.1, 0.15) is 0 Å². The summed E-state index contributed by atoms with van der Waals surface area (Å²) in [5.41, 5.74) is 2.65. The molecule has 3 heterocycles. The molecular formula is C19H27F3N4O5S. The molecule has 9 nitrogen and oxygen atoms in total. The zero-order valence-electron chi connectivity index (χ0n) is 17.5. The summed E-state index contributed by atoms with van der Waals surface area (Å²) >= 11 is 0. The smallest absolute Gasteiger partial charge is 0.381 e. The van der Waals surface area contributed by atoms with Crippen LogP contribution in [-0.4, -0.2) is 71.0 Å². The van der Waals surface area contributed by atoms with Gasteiger partial charge in [-0.15, -0.1) is 0 Å². The molecule has 0 bridgehead atoms. The van der Waals surface area contributed by atoms with Crippen molar-refractivity contribution in [3.63, 3.8) is 0 Å². The summed E-state index contributed by atoms with van der Waals surface area (Å²) in [6.07, 6.45) is -1.07. The van der Waals surface area contributed by atoms with Crippen LogP contribution in [0.1, 0.15) is 55.8 Å². The van der Waals surface area contributed by atoms with E-state index in [9.17, 15) is 26.4 Å². The van der Waals surface area contributed by atoms with Gasteiger partial charge in [-0.3, -0.25) is 20.0 Å². The molecule has 0 radical (unpaired) electrons. The number of hydroxylamine groups is 1. The molecule has 0 spiro atoms. The third kappa shape index (κ3) is 5.38. The Bertz CT molecular complexity index is 881. The average molecular weight is 481 g/mol. The lowest BCUT2D eigenvalue weighted by Crippen LogP contribution is -2.60. The molecule has 1 amide bonds. The fourth-order valence-corrected chi connectivity index (χ4v) is 6.37. The average Bonchev–Trinajstić information content (AvgIpc) is 2.78. The molecule has 32 heavy (non-hydrogen) atoms. The van der Waals surface area contributed by atoms with Crippen molar-refractivity contribution in [2.24, 2.45) is 0 Å². The highest BCUT2D eigenvalue weighted by atomic mass is 32.2. The molecule has 3 rings (SSSR count). The summed E-state index contributed by atoms with van der Waals surface area (Å²) in [5.74, 6) is -0.995. The lowest BCUT2D eigenvalue weighted by Gasteiger charge is -2.40. The van der Waals surface area contributed by atoms with Gasteiger partial charge >= 0.3 is 6.18 Å². The number of aromatic nitrogens is 2. The first kappa shape index (κ1) is 24.8. The number of rotatable bonds is 7. The van der Waals surface area contributed by atoms with Crippen LogP contribution in [0.25, 0.3) is 0 Å². The normalized spacial score (nSPS) is 20.8. The summed E-state index contributed by atoms with van der Waals surface area (Å²) in [7, 11) is -4.04. The van der Waals surface area contributed by atoms with E-state index in [-0.39, 0.29) is 57.9 Å². The Balaban J connectivity index is 1.61. The quantitative estimate of drug-likeness (QED) is 0.452. The number of nitrogens with zero attached hydrogens (tertiary/aromatic N) is 3. The second-order valence-corrected chi connectivity index (χ2v) is 10.4. The van der Waals surface area contributed by atoms with Gasteiger partial charge in [-0.2, -0.15) is 13.2 Å². The van der Waals surface area contributed by atoms with Gasteiger partial charge in [0.05, 0.1) is 11.4 Å². The molecular weight excluding hydrogens is 453 g/mol. The predicted molar refractivity (Wildman–Crippen MR) is 106 cm³/mol. The van der Waals surface area contributed by atoms with E-state index < -0.39 is 33.3 Å². The van der Waals surface area contributed by atoms with Crippen LogP contribution >= 0.6 is 0 Å². The Morgan fingerprint density at radius 2 is 1.88 bits per heavy atom. The number of carbonyl (C=O) groups excluding carboxylic acids is 1. The Labute approximate surface area is 184 Å². The van der Waals surface area contributed by atoms with Crippen LogP contribution in [0.15, 0.2) is 12.4 Å². The van der Waals surface area contributed by atoms with Crippen molar-refractivity contribution in [3.05, 3.63) is 23.8 Å². The minimum Gasteiger partial charge on any atom is -0.381 e. The summed E-state index contributed by atoms with van der Waals surface area (Å²) in [5, 5.41) is 9.13. The molecule has 2 N–H and O–H groups in total. The largest absolute Gasteiger partial charge is 0.389 e. The molecule has 2 aliphatic heterocycles. The van der Waals surface area contributed by atoms with Crippen molar-refractivity contribution in [1.29, 1.82) is 0 Å². The number of piperidine rings is 1. The number of hydrogen-bond acceptors (Lipinski definition) is 7. The molecule has 2 fully saturated rings. The first-order chi connectivity index (χ1) is 15.1. The first-order valence-corrected chi connectivity index (χ1v) is 11.9. The number of hydrogen-bond donors (Lipinski definition) is 2. The van der Waals surface area contributed by atoms with E-state index in [0.717, 1.165) is 0 Å².